The van der Waals surface area contributed by atoms with Gasteiger partial charge >= 0.3 is 5.97 Å². The number of anilines is 1. The Kier molecular flexibility index (Phi) is 11.5. The molecule has 2 saturated heterocycles. The zero-order valence-corrected chi connectivity index (χ0v) is 18.6. The molecule has 2 fully saturated rings. The summed E-state index contributed by atoms with van der Waals surface area (Å²) in [6.45, 7) is 6.51. The fraction of sp³-hybridized carbons (Fsp3) is 0.650. The lowest BCUT2D eigenvalue weighted by Crippen LogP contribution is -2.49. The summed E-state index contributed by atoms with van der Waals surface area (Å²) in [5, 5.41) is 5.01. The lowest BCUT2D eigenvalue weighted by molar-refractivity contribution is -0.199. The zero-order valence-electron chi connectivity index (χ0n) is 16.9. The molecule has 0 spiro atoms. The standard InChI is InChI=1S/C20H30N4O3.2ClH/c1-2-3-18(25)19(16-4-8-21-9-5-16)20(26)27-24-14-12-23(13-15-24)17-6-10-22-11-7-17;;/h6-7,10-11,16,19,21H,2-5,8-9,12-15H2,1H3;2*1H. The summed E-state index contributed by atoms with van der Waals surface area (Å²) in [7, 11) is 0. The van der Waals surface area contributed by atoms with Crippen molar-refractivity contribution in [1.29, 1.82) is 0 Å². The Morgan fingerprint density at radius 2 is 1.76 bits per heavy atom. The minimum Gasteiger partial charge on any atom is -0.369 e. The Morgan fingerprint density at radius 3 is 2.34 bits per heavy atom. The minimum atomic E-state index is -0.620. The van der Waals surface area contributed by atoms with Gasteiger partial charge in [0.15, 0.2) is 0 Å². The van der Waals surface area contributed by atoms with Crippen molar-refractivity contribution < 1.29 is 14.4 Å². The van der Waals surface area contributed by atoms with Crippen LogP contribution in [0, 0.1) is 11.8 Å². The van der Waals surface area contributed by atoms with Gasteiger partial charge in [-0.05, 0) is 50.4 Å². The van der Waals surface area contributed by atoms with Gasteiger partial charge < -0.3 is 15.1 Å². The van der Waals surface area contributed by atoms with Crippen molar-refractivity contribution in [1.82, 2.24) is 15.4 Å². The fourth-order valence-electron chi connectivity index (χ4n) is 3.94. The van der Waals surface area contributed by atoms with Crippen LogP contribution in [0.2, 0.25) is 0 Å². The summed E-state index contributed by atoms with van der Waals surface area (Å²) in [4.78, 5) is 37.4. The molecule has 7 nitrogen and oxygen atoms in total. The third-order valence-corrected chi connectivity index (χ3v) is 5.44. The summed E-state index contributed by atoms with van der Waals surface area (Å²) in [5.74, 6) is -0.858. The molecule has 1 N–H and O–H groups in total. The van der Waals surface area contributed by atoms with Crippen LogP contribution in [0.4, 0.5) is 5.69 Å². The molecule has 2 aliphatic rings. The smallest absolute Gasteiger partial charge is 0.335 e. The summed E-state index contributed by atoms with van der Waals surface area (Å²) in [6.07, 6.45) is 6.48. The highest BCUT2D eigenvalue weighted by atomic mass is 35.5. The number of carbonyl (C=O) groups is 2. The maximum Gasteiger partial charge on any atom is 0.335 e. The number of carbonyl (C=O) groups excluding carboxylic acids is 2. The van der Waals surface area contributed by atoms with Crippen LogP contribution < -0.4 is 10.2 Å². The number of ketones is 1. The molecular formula is C20H32Cl2N4O3. The molecule has 1 atom stereocenters. The maximum absolute atomic E-state index is 12.9. The molecule has 0 bridgehead atoms. The maximum atomic E-state index is 12.9. The molecule has 3 rings (SSSR count). The van der Waals surface area contributed by atoms with E-state index < -0.39 is 5.92 Å². The number of hydroxylamine groups is 2. The largest absolute Gasteiger partial charge is 0.369 e. The van der Waals surface area contributed by atoms with E-state index in [9.17, 15) is 9.59 Å². The van der Waals surface area contributed by atoms with Crippen molar-refractivity contribution in [3.05, 3.63) is 24.5 Å². The summed E-state index contributed by atoms with van der Waals surface area (Å²) in [6, 6.07) is 3.97. The van der Waals surface area contributed by atoms with Gasteiger partial charge in [0.1, 0.15) is 11.7 Å². The number of piperidine rings is 1. The zero-order chi connectivity index (χ0) is 19.1. The molecule has 29 heavy (non-hydrogen) atoms. The Bertz CT molecular complexity index is 621. The monoisotopic (exact) mass is 446 g/mol. The number of hydrogen-bond donors (Lipinski definition) is 1. The number of halogens is 2. The molecular weight excluding hydrogens is 415 g/mol. The van der Waals surface area contributed by atoms with E-state index in [0.29, 0.717) is 19.5 Å². The summed E-state index contributed by atoms with van der Waals surface area (Å²) in [5.41, 5.74) is 1.13. The Morgan fingerprint density at radius 1 is 1.14 bits per heavy atom. The number of Topliss-reactive ketones (excluding diaryl/α,β-unsaturated/α-hetero) is 1. The number of pyridine rings is 1. The molecule has 9 heteroatoms. The second-order valence-corrected chi connectivity index (χ2v) is 7.31. The molecule has 0 saturated carbocycles. The molecule has 1 aromatic heterocycles. The van der Waals surface area contributed by atoms with Crippen molar-refractivity contribution in [2.75, 3.05) is 44.2 Å². The predicted molar refractivity (Wildman–Crippen MR) is 118 cm³/mol. The van der Waals surface area contributed by atoms with Crippen molar-refractivity contribution >= 4 is 42.3 Å². The van der Waals surface area contributed by atoms with E-state index in [-0.39, 0.29) is 42.5 Å². The molecule has 1 aromatic rings. The highest BCUT2D eigenvalue weighted by Gasteiger charge is 2.37. The third-order valence-electron chi connectivity index (χ3n) is 5.44. The minimum absolute atomic E-state index is 0. The van der Waals surface area contributed by atoms with Crippen LogP contribution in [0.1, 0.15) is 32.6 Å². The number of rotatable bonds is 7. The van der Waals surface area contributed by atoms with E-state index in [1.165, 1.54) is 0 Å². The quantitative estimate of drug-likeness (QED) is 0.644. The van der Waals surface area contributed by atoms with Gasteiger partial charge in [-0.25, -0.2) is 4.79 Å². The van der Waals surface area contributed by atoms with E-state index in [1.54, 1.807) is 17.5 Å². The first-order valence-corrected chi connectivity index (χ1v) is 10.0. The van der Waals surface area contributed by atoms with Crippen molar-refractivity contribution in [3.63, 3.8) is 0 Å². The van der Waals surface area contributed by atoms with Crippen LogP contribution in [0.25, 0.3) is 0 Å². The molecule has 1 unspecified atom stereocenters. The molecule has 0 aliphatic carbocycles. The third kappa shape index (κ3) is 7.10. The molecule has 3 heterocycles. The van der Waals surface area contributed by atoms with E-state index in [1.807, 2.05) is 19.1 Å². The van der Waals surface area contributed by atoms with Crippen LogP contribution >= 0.6 is 24.8 Å². The SMILES string of the molecule is CCCC(=O)C(C(=O)ON1CCN(c2ccncc2)CC1)C1CCNCC1.Cl.Cl. The van der Waals surface area contributed by atoms with Crippen LogP contribution in [-0.2, 0) is 14.4 Å². The van der Waals surface area contributed by atoms with Gasteiger partial charge in [0.2, 0.25) is 0 Å². The topological polar surface area (TPSA) is 74.8 Å². The number of nitrogens with zero attached hydrogens (tertiary/aromatic N) is 3. The van der Waals surface area contributed by atoms with E-state index in [2.05, 4.69) is 15.2 Å². The number of aromatic nitrogens is 1. The summed E-state index contributed by atoms with van der Waals surface area (Å²) < 4.78 is 0. The Hall–Kier alpha value is -1.41. The predicted octanol–water partition coefficient (Wildman–Crippen LogP) is 2.49. The van der Waals surface area contributed by atoms with Crippen molar-refractivity contribution in [2.24, 2.45) is 11.8 Å². The van der Waals surface area contributed by atoms with Crippen molar-refractivity contribution in [2.45, 2.75) is 32.6 Å². The van der Waals surface area contributed by atoms with Crippen LogP contribution in [0.3, 0.4) is 0 Å². The van der Waals surface area contributed by atoms with Gasteiger partial charge in [-0.1, -0.05) is 6.92 Å². The van der Waals surface area contributed by atoms with Gasteiger partial charge in [0, 0.05) is 37.6 Å². The van der Waals surface area contributed by atoms with Crippen LogP contribution in [0.5, 0.6) is 0 Å². The molecule has 0 radical (unpaired) electrons. The number of piperazine rings is 1. The van der Waals surface area contributed by atoms with E-state index in [0.717, 1.165) is 51.1 Å². The highest BCUT2D eigenvalue weighted by molar-refractivity contribution is 5.99. The molecule has 0 amide bonds. The lowest BCUT2D eigenvalue weighted by atomic mass is 9.81. The average Bonchev–Trinajstić information content (AvgIpc) is 2.70. The van der Waals surface area contributed by atoms with Crippen molar-refractivity contribution in [3.8, 4) is 0 Å². The van der Waals surface area contributed by atoms with E-state index >= 15 is 0 Å². The van der Waals surface area contributed by atoms with Gasteiger partial charge in [-0.3, -0.25) is 9.78 Å². The second-order valence-electron chi connectivity index (χ2n) is 7.31. The summed E-state index contributed by atoms with van der Waals surface area (Å²) >= 11 is 0. The molecule has 2 aliphatic heterocycles. The lowest BCUT2D eigenvalue weighted by Gasteiger charge is -2.36. The first-order chi connectivity index (χ1) is 13.2. The molecule has 0 aromatic carbocycles. The van der Waals surface area contributed by atoms with Crippen LogP contribution in [0.15, 0.2) is 24.5 Å². The molecule has 164 valence electrons. The first kappa shape index (κ1) is 25.6. The first-order valence-electron chi connectivity index (χ1n) is 10.0. The van der Waals surface area contributed by atoms with E-state index in [4.69, 9.17) is 4.84 Å². The normalized spacial score (nSPS) is 18.9. The number of nitrogens with one attached hydrogen (secondary N) is 1. The average molecular weight is 447 g/mol. The van der Waals surface area contributed by atoms with Gasteiger partial charge in [0.05, 0.1) is 13.1 Å². The number of hydrogen-bond acceptors (Lipinski definition) is 7. The Balaban J connectivity index is 0.00000210. The highest BCUT2D eigenvalue weighted by Crippen LogP contribution is 2.26. The fourth-order valence-corrected chi connectivity index (χ4v) is 3.94. The van der Waals surface area contributed by atoms with Gasteiger partial charge in [-0.2, -0.15) is 0 Å². The second kappa shape index (κ2) is 13.0. The Labute approximate surface area is 185 Å². The van der Waals surface area contributed by atoms with Crippen LogP contribution in [-0.4, -0.2) is 61.1 Å². The van der Waals surface area contributed by atoms with Gasteiger partial charge in [-0.15, -0.1) is 29.9 Å². The van der Waals surface area contributed by atoms with Gasteiger partial charge in [0.25, 0.3) is 0 Å².